The molecule has 0 aromatic heterocycles. The highest BCUT2D eigenvalue weighted by Crippen LogP contribution is 2.35. The molecule has 0 radical (unpaired) electrons. The van der Waals surface area contributed by atoms with Gasteiger partial charge in [0.15, 0.2) is 0 Å². The summed E-state index contributed by atoms with van der Waals surface area (Å²) in [6, 6.07) is 4.69. The Balaban J connectivity index is 2.08. The molecule has 0 amide bonds. The van der Waals surface area contributed by atoms with Gasteiger partial charge in [0.25, 0.3) is 0 Å². The minimum Gasteiger partial charge on any atom is -0.317 e. The van der Waals surface area contributed by atoms with Crippen LogP contribution < -0.4 is 5.32 Å². The van der Waals surface area contributed by atoms with Crippen LogP contribution in [0.3, 0.4) is 0 Å². The molecule has 1 aromatic carbocycles. The summed E-state index contributed by atoms with van der Waals surface area (Å²) in [4.78, 5) is 0. The molecule has 0 aliphatic heterocycles. The Labute approximate surface area is 118 Å². The van der Waals surface area contributed by atoms with E-state index in [9.17, 15) is 0 Å². The number of rotatable bonds is 5. The molecule has 1 aromatic rings. The first-order valence-corrected chi connectivity index (χ1v) is 7.89. The van der Waals surface area contributed by atoms with Crippen molar-refractivity contribution >= 4 is 0 Å². The summed E-state index contributed by atoms with van der Waals surface area (Å²) < 4.78 is 0. The lowest BCUT2D eigenvalue weighted by molar-refractivity contribution is 0.367. The molecular weight excluding hydrogens is 230 g/mol. The molecule has 0 bridgehead atoms. The zero-order chi connectivity index (χ0) is 13.8. The van der Waals surface area contributed by atoms with Crippen molar-refractivity contribution in [3.8, 4) is 0 Å². The Kier molecular flexibility index (Phi) is 5.04. The molecule has 1 aliphatic carbocycles. The number of aryl methyl sites for hydroxylation is 3. The van der Waals surface area contributed by atoms with Gasteiger partial charge in [-0.3, -0.25) is 0 Å². The molecule has 2 unspecified atom stereocenters. The molecule has 1 N–H and O–H groups in total. The van der Waals surface area contributed by atoms with Gasteiger partial charge in [0.2, 0.25) is 0 Å². The largest absolute Gasteiger partial charge is 0.317 e. The maximum absolute atomic E-state index is 3.54. The zero-order valence-corrected chi connectivity index (χ0v) is 13.1. The van der Waals surface area contributed by atoms with Crippen LogP contribution in [0, 0.1) is 32.6 Å². The average molecular weight is 259 g/mol. The summed E-state index contributed by atoms with van der Waals surface area (Å²) in [6.07, 6.45) is 5.54. The number of benzene rings is 1. The van der Waals surface area contributed by atoms with Gasteiger partial charge < -0.3 is 5.32 Å². The summed E-state index contributed by atoms with van der Waals surface area (Å²) in [6.45, 7) is 11.3. The summed E-state index contributed by atoms with van der Waals surface area (Å²) in [5.41, 5.74) is 5.99. The topological polar surface area (TPSA) is 12.0 Å². The van der Waals surface area contributed by atoms with Crippen LogP contribution in [0.4, 0.5) is 0 Å². The van der Waals surface area contributed by atoms with E-state index in [-0.39, 0.29) is 0 Å². The maximum atomic E-state index is 3.54. The molecule has 1 aliphatic rings. The fraction of sp³-hybridized carbons (Fsp3) is 0.667. The van der Waals surface area contributed by atoms with Gasteiger partial charge in [0, 0.05) is 0 Å². The third-order valence-electron chi connectivity index (χ3n) is 4.78. The van der Waals surface area contributed by atoms with Crippen LogP contribution in [0.2, 0.25) is 0 Å². The monoisotopic (exact) mass is 259 g/mol. The van der Waals surface area contributed by atoms with Crippen molar-refractivity contribution < 1.29 is 0 Å². The minimum absolute atomic E-state index is 0.888. The average Bonchev–Trinajstić information content (AvgIpc) is 2.78. The number of hydrogen-bond acceptors (Lipinski definition) is 1. The van der Waals surface area contributed by atoms with Crippen LogP contribution in [0.1, 0.15) is 48.4 Å². The predicted octanol–water partition coefficient (Wildman–Crippen LogP) is 4.18. The molecule has 2 rings (SSSR count). The highest BCUT2D eigenvalue weighted by molar-refractivity contribution is 5.37. The Morgan fingerprint density at radius 1 is 1.05 bits per heavy atom. The van der Waals surface area contributed by atoms with E-state index in [4.69, 9.17) is 0 Å². The lowest BCUT2D eigenvalue weighted by Crippen LogP contribution is -2.26. The third kappa shape index (κ3) is 3.60. The van der Waals surface area contributed by atoms with E-state index in [1.165, 1.54) is 48.9 Å². The molecule has 0 spiro atoms. The van der Waals surface area contributed by atoms with E-state index in [1.54, 1.807) is 5.56 Å². The van der Waals surface area contributed by atoms with Crippen molar-refractivity contribution in [3.63, 3.8) is 0 Å². The van der Waals surface area contributed by atoms with Crippen LogP contribution >= 0.6 is 0 Å². The minimum atomic E-state index is 0.888. The molecule has 19 heavy (non-hydrogen) atoms. The zero-order valence-electron chi connectivity index (χ0n) is 13.1. The quantitative estimate of drug-likeness (QED) is 0.836. The fourth-order valence-electron chi connectivity index (χ4n) is 3.77. The Bertz CT molecular complexity index is 399. The van der Waals surface area contributed by atoms with E-state index < -0.39 is 0 Å². The van der Waals surface area contributed by atoms with Gasteiger partial charge in [-0.1, -0.05) is 31.0 Å². The molecule has 106 valence electrons. The first-order valence-electron chi connectivity index (χ1n) is 7.89. The molecule has 0 heterocycles. The van der Waals surface area contributed by atoms with E-state index in [0.717, 1.165) is 18.4 Å². The highest BCUT2D eigenvalue weighted by atomic mass is 14.8. The van der Waals surface area contributed by atoms with Crippen molar-refractivity contribution in [2.45, 2.75) is 53.4 Å². The molecule has 1 nitrogen and oxygen atoms in total. The first-order chi connectivity index (χ1) is 9.11. The molecule has 1 saturated carbocycles. The maximum Gasteiger partial charge on any atom is -0.00179 e. The van der Waals surface area contributed by atoms with Gasteiger partial charge in [-0.15, -0.1) is 0 Å². The molecule has 2 atom stereocenters. The van der Waals surface area contributed by atoms with Crippen LogP contribution in [0.25, 0.3) is 0 Å². The smallest absolute Gasteiger partial charge is 0.00179 e. The van der Waals surface area contributed by atoms with Crippen LogP contribution in [0.5, 0.6) is 0 Å². The molecule has 0 saturated heterocycles. The normalized spacial score (nSPS) is 22.9. The van der Waals surface area contributed by atoms with Crippen molar-refractivity contribution in [2.75, 3.05) is 13.1 Å². The van der Waals surface area contributed by atoms with Gasteiger partial charge in [-0.25, -0.2) is 0 Å². The lowest BCUT2D eigenvalue weighted by atomic mass is 9.86. The van der Waals surface area contributed by atoms with Crippen molar-refractivity contribution in [2.24, 2.45) is 11.8 Å². The third-order valence-corrected chi connectivity index (χ3v) is 4.78. The predicted molar refractivity (Wildman–Crippen MR) is 83.7 cm³/mol. The first kappa shape index (κ1) is 14.6. The Hall–Kier alpha value is -0.820. The lowest BCUT2D eigenvalue weighted by Gasteiger charge is -2.22. The van der Waals surface area contributed by atoms with Crippen LogP contribution in [-0.4, -0.2) is 13.1 Å². The fourth-order valence-corrected chi connectivity index (χ4v) is 3.77. The number of hydrogen-bond donors (Lipinski definition) is 1. The number of nitrogens with one attached hydrogen (secondary N) is 1. The van der Waals surface area contributed by atoms with Crippen molar-refractivity contribution in [1.29, 1.82) is 0 Å². The second-order valence-corrected chi connectivity index (χ2v) is 6.34. The SMILES string of the molecule is CCNCC1CCCC1Cc1c(C)cc(C)cc1C. The van der Waals surface area contributed by atoms with Gasteiger partial charge in [-0.05, 0) is 81.6 Å². The van der Waals surface area contributed by atoms with E-state index in [2.05, 4.69) is 45.1 Å². The molecular formula is C18H29N. The summed E-state index contributed by atoms with van der Waals surface area (Å²) in [5.74, 6) is 1.78. The summed E-state index contributed by atoms with van der Waals surface area (Å²) >= 11 is 0. The molecule has 1 heteroatoms. The summed E-state index contributed by atoms with van der Waals surface area (Å²) in [7, 11) is 0. The van der Waals surface area contributed by atoms with Crippen molar-refractivity contribution in [3.05, 3.63) is 34.4 Å². The van der Waals surface area contributed by atoms with Gasteiger partial charge in [0.1, 0.15) is 0 Å². The Morgan fingerprint density at radius 2 is 1.68 bits per heavy atom. The van der Waals surface area contributed by atoms with E-state index in [0.29, 0.717) is 0 Å². The second-order valence-electron chi connectivity index (χ2n) is 6.34. The summed E-state index contributed by atoms with van der Waals surface area (Å²) in [5, 5.41) is 3.54. The van der Waals surface area contributed by atoms with Gasteiger partial charge >= 0.3 is 0 Å². The van der Waals surface area contributed by atoms with E-state index >= 15 is 0 Å². The van der Waals surface area contributed by atoms with Crippen LogP contribution in [0.15, 0.2) is 12.1 Å². The van der Waals surface area contributed by atoms with E-state index in [1.807, 2.05) is 0 Å². The van der Waals surface area contributed by atoms with Crippen molar-refractivity contribution in [1.82, 2.24) is 5.32 Å². The van der Waals surface area contributed by atoms with Gasteiger partial charge in [-0.2, -0.15) is 0 Å². The standard InChI is InChI=1S/C18H29N/c1-5-19-12-17-8-6-7-16(17)11-18-14(3)9-13(2)10-15(18)4/h9-10,16-17,19H,5-8,11-12H2,1-4H3. The second kappa shape index (κ2) is 6.56. The highest BCUT2D eigenvalue weighted by Gasteiger charge is 2.27. The van der Waals surface area contributed by atoms with Crippen LogP contribution in [-0.2, 0) is 6.42 Å². The Morgan fingerprint density at radius 3 is 2.32 bits per heavy atom. The molecule has 1 fully saturated rings. The van der Waals surface area contributed by atoms with Gasteiger partial charge in [0.05, 0.1) is 0 Å².